The van der Waals surface area contributed by atoms with Gasteiger partial charge in [0.05, 0.1) is 20.1 Å². The van der Waals surface area contributed by atoms with Crippen LogP contribution in [0.3, 0.4) is 0 Å². The molecule has 0 atom stereocenters. The standard InChI is InChI=1S/C6H2Cl4O2S.C6H3Cl3O2S/c7-3-1-4(8)6(5(9)2-3)13(10,11)12;7-4-2-1-3-5(6(4)8)12(9,10)11/h1-2H;1-3H. The van der Waals surface area contributed by atoms with Crippen LogP contribution in [0, 0.1) is 0 Å². The van der Waals surface area contributed by atoms with Crippen molar-refractivity contribution in [2.75, 3.05) is 0 Å². The van der Waals surface area contributed by atoms with Crippen molar-refractivity contribution in [2.24, 2.45) is 0 Å². The van der Waals surface area contributed by atoms with E-state index in [2.05, 4.69) is 0 Å². The molecule has 25 heavy (non-hydrogen) atoms. The molecule has 0 N–H and O–H groups in total. The van der Waals surface area contributed by atoms with Gasteiger partial charge >= 0.3 is 0 Å². The average Bonchev–Trinajstić information content (AvgIpc) is 2.38. The highest BCUT2D eigenvalue weighted by Gasteiger charge is 2.19. The summed E-state index contributed by atoms with van der Waals surface area (Å²) >= 11 is 27.9. The molecule has 0 radical (unpaired) electrons. The zero-order valence-corrected chi connectivity index (χ0v) is 18.4. The quantitative estimate of drug-likeness (QED) is 0.420. The molecule has 0 heterocycles. The fourth-order valence-electron chi connectivity index (χ4n) is 1.43. The van der Waals surface area contributed by atoms with Crippen LogP contribution < -0.4 is 0 Å². The van der Waals surface area contributed by atoms with Crippen molar-refractivity contribution in [3.63, 3.8) is 0 Å². The van der Waals surface area contributed by atoms with Crippen LogP contribution in [0.1, 0.15) is 0 Å². The Hall–Kier alpha value is 0.370. The second kappa shape index (κ2) is 9.04. The van der Waals surface area contributed by atoms with Crippen molar-refractivity contribution in [1.29, 1.82) is 0 Å². The Labute approximate surface area is 178 Å². The minimum Gasteiger partial charge on any atom is -0.207 e. The van der Waals surface area contributed by atoms with Crippen molar-refractivity contribution < 1.29 is 16.8 Å². The van der Waals surface area contributed by atoms with Gasteiger partial charge in [-0.05, 0) is 24.3 Å². The second-order valence-electron chi connectivity index (χ2n) is 4.13. The SMILES string of the molecule is O=S(=O)(Cl)c1c(Cl)cc(Cl)cc1Cl.O=S(=O)(Cl)c1cccc(Cl)c1Cl. The monoisotopic (exact) mass is 522 g/mol. The van der Waals surface area contributed by atoms with Crippen LogP contribution in [0.25, 0.3) is 0 Å². The normalized spacial score (nSPS) is 11.6. The molecule has 2 rings (SSSR count). The number of benzene rings is 2. The molecule has 0 aliphatic carbocycles. The van der Waals surface area contributed by atoms with Crippen LogP contribution in [0.2, 0.25) is 25.1 Å². The fraction of sp³-hybridized carbons (Fsp3) is 0. The molecule has 0 spiro atoms. The highest BCUT2D eigenvalue weighted by Crippen LogP contribution is 2.34. The first-order chi connectivity index (χ1) is 11.2. The highest BCUT2D eigenvalue weighted by atomic mass is 35.7. The molecule has 0 unspecified atom stereocenters. The summed E-state index contributed by atoms with van der Waals surface area (Å²) in [6.07, 6.45) is 0. The summed E-state index contributed by atoms with van der Waals surface area (Å²) in [5.41, 5.74) is 0. The topological polar surface area (TPSA) is 68.3 Å². The summed E-state index contributed by atoms with van der Waals surface area (Å²) in [5.74, 6) is 0. The summed E-state index contributed by atoms with van der Waals surface area (Å²) in [6, 6.07) is 6.74. The summed E-state index contributed by atoms with van der Waals surface area (Å²) in [6.45, 7) is 0. The van der Waals surface area contributed by atoms with Gasteiger partial charge in [0, 0.05) is 26.4 Å². The molecule has 138 valence electrons. The maximum atomic E-state index is 10.9. The molecular weight excluding hydrogens is 520 g/mol. The first-order valence-electron chi connectivity index (χ1n) is 5.73. The van der Waals surface area contributed by atoms with Gasteiger partial charge in [0.1, 0.15) is 9.79 Å². The molecular formula is C12H5Cl7O4S2. The van der Waals surface area contributed by atoms with Gasteiger partial charge < -0.3 is 0 Å². The van der Waals surface area contributed by atoms with Crippen LogP contribution >= 0.6 is 79.4 Å². The van der Waals surface area contributed by atoms with Gasteiger partial charge in [-0.15, -0.1) is 0 Å². The van der Waals surface area contributed by atoms with E-state index in [1.54, 1.807) is 0 Å². The van der Waals surface area contributed by atoms with Crippen molar-refractivity contribution >= 4 is 97.5 Å². The van der Waals surface area contributed by atoms with Gasteiger partial charge in [-0.25, -0.2) is 16.8 Å². The predicted molar refractivity (Wildman–Crippen MR) is 104 cm³/mol. The van der Waals surface area contributed by atoms with Crippen molar-refractivity contribution in [3.05, 3.63) is 55.4 Å². The minimum atomic E-state index is -3.93. The average molecular weight is 525 g/mol. The van der Waals surface area contributed by atoms with Crippen molar-refractivity contribution in [3.8, 4) is 0 Å². The molecule has 2 aromatic carbocycles. The Balaban J connectivity index is 0.000000251. The van der Waals surface area contributed by atoms with Crippen LogP contribution in [0.15, 0.2) is 40.1 Å². The van der Waals surface area contributed by atoms with E-state index >= 15 is 0 Å². The molecule has 0 saturated carbocycles. The molecule has 2 aromatic rings. The van der Waals surface area contributed by atoms with E-state index in [0.29, 0.717) is 0 Å². The van der Waals surface area contributed by atoms with Crippen LogP contribution in [0.5, 0.6) is 0 Å². The molecule has 0 aliphatic rings. The molecule has 0 aromatic heterocycles. The van der Waals surface area contributed by atoms with E-state index in [-0.39, 0.29) is 34.9 Å². The summed E-state index contributed by atoms with van der Waals surface area (Å²) in [5, 5.41) is 0.187. The Kier molecular flexibility index (Phi) is 8.47. The van der Waals surface area contributed by atoms with E-state index in [9.17, 15) is 16.8 Å². The third-order valence-corrected chi connectivity index (χ3v) is 7.11. The third-order valence-electron chi connectivity index (χ3n) is 2.39. The molecule has 13 heteroatoms. The maximum absolute atomic E-state index is 10.9. The molecule has 4 nitrogen and oxygen atoms in total. The first kappa shape index (κ1) is 23.4. The summed E-state index contributed by atoms with van der Waals surface area (Å²) < 4.78 is 43.5. The molecule has 0 saturated heterocycles. The van der Waals surface area contributed by atoms with Crippen LogP contribution in [-0.2, 0) is 18.1 Å². The molecule has 0 aliphatic heterocycles. The Bertz CT molecular complexity index is 981. The van der Waals surface area contributed by atoms with Gasteiger partial charge in [-0.1, -0.05) is 64.1 Å². The van der Waals surface area contributed by atoms with Gasteiger partial charge in [-0.3, -0.25) is 0 Å². The van der Waals surface area contributed by atoms with Crippen LogP contribution in [0.4, 0.5) is 0 Å². The minimum absolute atomic E-state index is 0.0471. The van der Waals surface area contributed by atoms with Crippen molar-refractivity contribution in [1.82, 2.24) is 0 Å². The molecule has 0 fully saturated rings. The number of hydrogen-bond donors (Lipinski definition) is 0. The van der Waals surface area contributed by atoms with Gasteiger partial charge in [0.2, 0.25) is 0 Å². The second-order valence-corrected chi connectivity index (χ2v) is 11.2. The van der Waals surface area contributed by atoms with Gasteiger partial charge in [0.25, 0.3) is 18.1 Å². The lowest BCUT2D eigenvalue weighted by atomic mass is 10.4. The van der Waals surface area contributed by atoms with E-state index in [0.717, 1.165) is 0 Å². The zero-order valence-electron chi connectivity index (χ0n) is 11.5. The van der Waals surface area contributed by atoms with E-state index < -0.39 is 18.1 Å². The zero-order chi connectivity index (χ0) is 19.6. The first-order valence-corrected chi connectivity index (χ1v) is 12.2. The van der Waals surface area contributed by atoms with Crippen molar-refractivity contribution in [2.45, 2.75) is 9.79 Å². The molecule has 0 bridgehead atoms. The van der Waals surface area contributed by atoms with E-state index in [1.165, 1.54) is 30.3 Å². The lowest BCUT2D eigenvalue weighted by molar-refractivity contribution is 0.608. The van der Waals surface area contributed by atoms with Gasteiger partial charge in [0.15, 0.2) is 0 Å². The highest BCUT2D eigenvalue weighted by molar-refractivity contribution is 8.14. The summed E-state index contributed by atoms with van der Waals surface area (Å²) in [7, 11) is 2.42. The Morgan fingerprint density at radius 2 is 1.16 bits per heavy atom. The van der Waals surface area contributed by atoms with E-state index in [1.807, 2.05) is 0 Å². The van der Waals surface area contributed by atoms with Gasteiger partial charge in [-0.2, -0.15) is 0 Å². The number of halogens is 7. The maximum Gasteiger partial charge on any atom is 0.264 e. The predicted octanol–water partition coefficient (Wildman–Crippen LogP) is 6.50. The van der Waals surface area contributed by atoms with Crippen LogP contribution in [-0.4, -0.2) is 16.8 Å². The third kappa shape index (κ3) is 6.79. The lowest BCUT2D eigenvalue weighted by Crippen LogP contribution is -1.93. The fourth-order valence-corrected chi connectivity index (χ4v) is 5.91. The smallest absolute Gasteiger partial charge is 0.207 e. The number of hydrogen-bond acceptors (Lipinski definition) is 4. The molecule has 0 amide bonds. The number of rotatable bonds is 2. The summed E-state index contributed by atoms with van der Waals surface area (Å²) in [4.78, 5) is -0.486. The Morgan fingerprint density at radius 1 is 0.680 bits per heavy atom. The Morgan fingerprint density at radius 3 is 1.52 bits per heavy atom. The lowest BCUT2D eigenvalue weighted by Gasteiger charge is -2.02. The largest absolute Gasteiger partial charge is 0.264 e. The van der Waals surface area contributed by atoms with E-state index in [4.69, 9.17) is 79.4 Å².